The summed E-state index contributed by atoms with van der Waals surface area (Å²) in [6, 6.07) is 0.358. The first kappa shape index (κ1) is 15.6. The topological polar surface area (TPSA) is 42.0 Å². The number of rotatable bonds is 5. The number of fused-ring (bicyclic) bond motifs is 1. The van der Waals surface area contributed by atoms with Crippen LogP contribution in [-0.4, -0.2) is 67.4 Å². The summed E-state index contributed by atoms with van der Waals surface area (Å²) in [6.07, 6.45) is 4.71. The number of carbonyl (C=O) groups is 1. The van der Waals surface area contributed by atoms with Crippen molar-refractivity contribution in [1.29, 1.82) is 0 Å². The molecule has 0 bridgehead atoms. The Morgan fingerprint density at radius 3 is 2.80 bits per heavy atom. The smallest absolute Gasteiger partial charge is 0.409 e. The molecule has 5 heteroatoms. The molecule has 0 spiro atoms. The fourth-order valence-corrected chi connectivity index (χ4v) is 3.41. The molecule has 0 aromatic rings. The van der Waals surface area contributed by atoms with Gasteiger partial charge in [-0.3, -0.25) is 4.90 Å². The highest BCUT2D eigenvalue weighted by molar-refractivity contribution is 5.66. The maximum absolute atomic E-state index is 11.5. The fraction of sp³-hybridized carbons (Fsp3) is 0.933. The number of hydrogen-bond donors (Lipinski definition) is 0. The summed E-state index contributed by atoms with van der Waals surface area (Å²) >= 11 is 0. The van der Waals surface area contributed by atoms with Crippen molar-refractivity contribution in [2.24, 2.45) is 0 Å². The van der Waals surface area contributed by atoms with Gasteiger partial charge >= 0.3 is 6.09 Å². The Bertz CT molecular complexity index is 346. The van der Waals surface area contributed by atoms with Gasteiger partial charge in [-0.25, -0.2) is 4.79 Å². The van der Waals surface area contributed by atoms with Crippen LogP contribution in [0, 0.1) is 0 Å². The van der Waals surface area contributed by atoms with E-state index < -0.39 is 0 Å². The zero-order chi connectivity index (χ0) is 14.8. The van der Waals surface area contributed by atoms with Gasteiger partial charge in [-0.05, 0) is 46.1 Å². The minimum Gasteiger partial charge on any atom is -0.448 e. The molecule has 0 aromatic heterocycles. The molecule has 0 aromatic carbocycles. The van der Waals surface area contributed by atoms with E-state index in [0.717, 1.165) is 26.0 Å². The van der Waals surface area contributed by atoms with Gasteiger partial charge in [-0.1, -0.05) is 0 Å². The highest BCUT2D eigenvalue weighted by Gasteiger charge is 2.49. The predicted molar refractivity (Wildman–Crippen MR) is 77.8 cm³/mol. The van der Waals surface area contributed by atoms with Crippen LogP contribution < -0.4 is 0 Å². The summed E-state index contributed by atoms with van der Waals surface area (Å²) < 4.78 is 11.3. The molecule has 2 fully saturated rings. The highest BCUT2D eigenvalue weighted by Crippen LogP contribution is 2.42. The zero-order valence-corrected chi connectivity index (χ0v) is 13.2. The van der Waals surface area contributed by atoms with Gasteiger partial charge in [-0.15, -0.1) is 0 Å². The lowest BCUT2D eigenvalue weighted by atomic mass is 9.95. The maximum atomic E-state index is 11.5. The number of ether oxygens (including phenoxy) is 2. The molecule has 1 amide bonds. The minimum atomic E-state index is -0.250. The van der Waals surface area contributed by atoms with Crippen LogP contribution in [0.4, 0.5) is 4.79 Å². The number of hydrogen-bond acceptors (Lipinski definition) is 4. The van der Waals surface area contributed by atoms with Crippen LogP contribution in [0.1, 0.15) is 39.5 Å². The Kier molecular flexibility index (Phi) is 4.91. The Labute approximate surface area is 122 Å². The average Bonchev–Trinajstić information content (AvgIpc) is 2.92. The van der Waals surface area contributed by atoms with E-state index in [0.29, 0.717) is 12.6 Å². The van der Waals surface area contributed by atoms with E-state index in [1.165, 1.54) is 17.7 Å². The lowest BCUT2D eigenvalue weighted by Gasteiger charge is -2.35. The molecule has 2 rings (SSSR count). The molecule has 2 aliphatic rings. The van der Waals surface area contributed by atoms with E-state index in [1.807, 2.05) is 0 Å². The normalized spacial score (nSPS) is 29.8. The SMILES string of the molecule is CC(C)OC[C@]12CCCN1C(COC(=O)N(C)C)CC2. The van der Waals surface area contributed by atoms with E-state index in [1.54, 1.807) is 14.1 Å². The van der Waals surface area contributed by atoms with Gasteiger partial charge in [0, 0.05) is 25.7 Å². The fourth-order valence-electron chi connectivity index (χ4n) is 3.41. The highest BCUT2D eigenvalue weighted by atomic mass is 16.6. The summed E-state index contributed by atoms with van der Waals surface area (Å²) in [4.78, 5) is 15.6. The average molecular weight is 284 g/mol. The second-order valence-electron chi connectivity index (χ2n) is 6.54. The predicted octanol–water partition coefficient (Wildman–Crippen LogP) is 2.11. The Morgan fingerprint density at radius 1 is 1.40 bits per heavy atom. The molecule has 2 aliphatic heterocycles. The molecular weight excluding hydrogens is 256 g/mol. The quantitative estimate of drug-likeness (QED) is 0.775. The molecule has 20 heavy (non-hydrogen) atoms. The molecule has 0 radical (unpaired) electrons. The lowest BCUT2D eigenvalue weighted by molar-refractivity contribution is -0.0121. The zero-order valence-electron chi connectivity index (χ0n) is 13.2. The molecule has 2 atom stereocenters. The van der Waals surface area contributed by atoms with Crippen LogP contribution >= 0.6 is 0 Å². The third-order valence-corrected chi connectivity index (χ3v) is 4.48. The first-order valence-corrected chi connectivity index (χ1v) is 7.67. The van der Waals surface area contributed by atoms with Gasteiger partial charge in [0.1, 0.15) is 6.61 Å². The molecule has 116 valence electrons. The molecule has 5 nitrogen and oxygen atoms in total. The summed E-state index contributed by atoms with van der Waals surface area (Å²) in [5.41, 5.74) is 0.194. The van der Waals surface area contributed by atoms with E-state index in [2.05, 4.69) is 18.7 Å². The summed E-state index contributed by atoms with van der Waals surface area (Å²) in [7, 11) is 3.43. The van der Waals surface area contributed by atoms with Gasteiger partial charge in [0.25, 0.3) is 0 Å². The van der Waals surface area contributed by atoms with Crippen molar-refractivity contribution in [2.75, 3.05) is 33.9 Å². The number of carbonyl (C=O) groups excluding carboxylic acids is 1. The monoisotopic (exact) mass is 284 g/mol. The van der Waals surface area contributed by atoms with Crippen LogP contribution in [0.25, 0.3) is 0 Å². The van der Waals surface area contributed by atoms with Gasteiger partial charge in [0.2, 0.25) is 0 Å². The van der Waals surface area contributed by atoms with Crippen molar-refractivity contribution < 1.29 is 14.3 Å². The number of nitrogens with zero attached hydrogens (tertiary/aromatic N) is 2. The van der Waals surface area contributed by atoms with Gasteiger partial charge < -0.3 is 14.4 Å². The summed E-state index contributed by atoms with van der Waals surface area (Å²) in [6.45, 7) is 6.58. The standard InChI is InChI=1S/C15H28N2O3/c1-12(2)20-11-15-7-5-9-17(15)13(6-8-15)10-19-14(18)16(3)4/h12-13H,5-11H2,1-4H3/t13?,15-/m1/s1. The van der Waals surface area contributed by atoms with E-state index in [-0.39, 0.29) is 17.7 Å². The Balaban J connectivity index is 1.90. The maximum Gasteiger partial charge on any atom is 0.409 e. The second-order valence-corrected chi connectivity index (χ2v) is 6.54. The molecule has 2 saturated heterocycles. The van der Waals surface area contributed by atoms with Crippen LogP contribution in [-0.2, 0) is 9.47 Å². The molecular formula is C15H28N2O3. The first-order chi connectivity index (χ1) is 9.44. The van der Waals surface area contributed by atoms with Gasteiger partial charge in [0.15, 0.2) is 0 Å². The van der Waals surface area contributed by atoms with Crippen LogP contribution in [0.5, 0.6) is 0 Å². The van der Waals surface area contributed by atoms with Crippen molar-refractivity contribution in [3.63, 3.8) is 0 Å². The Morgan fingerprint density at radius 2 is 2.15 bits per heavy atom. The van der Waals surface area contributed by atoms with Crippen molar-refractivity contribution in [2.45, 2.75) is 57.2 Å². The van der Waals surface area contributed by atoms with Crippen molar-refractivity contribution in [3.05, 3.63) is 0 Å². The van der Waals surface area contributed by atoms with Crippen LogP contribution in [0.15, 0.2) is 0 Å². The van der Waals surface area contributed by atoms with E-state index >= 15 is 0 Å². The lowest BCUT2D eigenvalue weighted by Crippen LogP contribution is -2.47. The summed E-state index contributed by atoms with van der Waals surface area (Å²) in [5.74, 6) is 0. The van der Waals surface area contributed by atoms with Crippen molar-refractivity contribution in [3.8, 4) is 0 Å². The van der Waals surface area contributed by atoms with Gasteiger partial charge in [0.05, 0.1) is 12.7 Å². The Hall–Kier alpha value is -0.810. The van der Waals surface area contributed by atoms with Crippen molar-refractivity contribution >= 4 is 6.09 Å². The third-order valence-electron chi connectivity index (χ3n) is 4.48. The second kappa shape index (κ2) is 6.31. The molecule has 0 saturated carbocycles. The molecule has 1 unspecified atom stereocenters. The van der Waals surface area contributed by atoms with E-state index in [4.69, 9.17) is 9.47 Å². The number of amides is 1. The van der Waals surface area contributed by atoms with Crippen LogP contribution in [0.3, 0.4) is 0 Å². The van der Waals surface area contributed by atoms with Crippen molar-refractivity contribution in [1.82, 2.24) is 9.80 Å². The van der Waals surface area contributed by atoms with Crippen LogP contribution in [0.2, 0.25) is 0 Å². The molecule has 0 aliphatic carbocycles. The van der Waals surface area contributed by atoms with Gasteiger partial charge in [-0.2, -0.15) is 0 Å². The minimum absolute atomic E-state index is 0.194. The molecule has 2 heterocycles. The largest absolute Gasteiger partial charge is 0.448 e. The summed E-state index contributed by atoms with van der Waals surface area (Å²) in [5, 5.41) is 0. The third kappa shape index (κ3) is 3.26. The molecule has 0 N–H and O–H groups in total. The van der Waals surface area contributed by atoms with E-state index in [9.17, 15) is 4.79 Å². The first-order valence-electron chi connectivity index (χ1n) is 7.67.